The minimum Gasteiger partial charge on any atom is -0.376 e. The summed E-state index contributed by atoms with van der Waals surface area (Å²) in [6, 6.07) is 4.97. The molecule has 23 heavy (non-hydrogen) atoms. The number of amides is 1. The highest BCUT2D eigenvalue weighted by molar-refractivity contribution is 7.12. The third kappa shape index (κ3) is 3.25. The standard InChI is InChI=1S/C16H14F3NO2S/c17-16(18,19)10-3-1-9(2-4-10)7-12-14(15(20)21)11-5-6-22-8-13(11)23-12/h1-4H,5-8H2,(H2,20,21). The van der Waals surface area contributed by atoms with Gasteiger partial charge < -0.3 is 10.5 Å². The van der Waals surface area contributed by atoms with Gasteiger partial charge in [-0.25, -0.2) is 0 Å². The van der Waals surface area contributed by atoms with Gasteiger partial charge in [-0.15, -0.1) is 11.3 Å². The Hall–Kier alpha value is -1.86. The minimum atomic E-state index is -4.35. The molecule has 1 aliphatic rings. The molecule has 1 amide bonds. The largest absolute Gasteiger partial charge is 0.416 e. The molecular formula is C16H14F3NO2S. The van der Waals surface area contributed by atoms with Crippen LogP contribution >= 0.6 is 11.3 Å². The molecule has 0 radical (unpaired) electrons. The SMILES string of the molecule is NC(=O)c1c(Cc2ccc(C(F)(F)F)cc2)sc2c1CCOC2. The number of carbonyl (C=O) groups is 1. The summed E-state index contributed by atoms with van der Waals surface area (Å²) in [5, 5.41) is 0. The van der Waals surface area contributed by atoms with Crippen LogP contribution in [0.2, 0.25) is 0 Å². The highest BCUT2D eigenvalue weighted by atomic mass is 32.1. The van der Waals surface area contributed by atoms with Crippen LogP contribution < -0.4 is 5.73 Å². The fraction of sp³-hybridized carbons (Fsp3) is 0.312. The molecule has 1 aliphatic heterocycles. The number of benzene rings is 1. The van der Waals surface area contributed by atoms with Gasteiger partial charge in [0.15, 0.2) is 0 Å². The zero-order chi connectivity index (χ0) is 16.6. The smallest absolute Gasteiger partial charge is 0.376 e. The van der Waals surface area contributed by atoms with Gasteiger partial charge in [-0.3, -0.25) is 4.79 Å². The first-order valence-corrected chi connectivity index (χ1v) is 7.85. The Bertz CT molecular complexity index is 735. The zero-order valence-corrected chi connectivity index (χ0v) is 12.9. The van der Waals surface area contributed by atoms with E-state index >= 15 is 0 Å². The molecule has 0 bridgehead atoms. The molecule has 0 spiro atoms. The molecule has 0 unspecified atom stereocenters. The van der Waals surface area contributed by atoms with Crippen molar-refractivity contribution in [2.75, 3.05) is 6.61 Å². The lowest BCUT2D eigenvalue weighted by Gasteiger charge is -2.12. The summed E-state index contributed by atoms with van der Waals surface area (Å²) in [6.07, 6.45) is -3.33. The number of nitrogens with two attached hydrogens (primary N) is 1. The topological polar surface area (TPSA) is 52.3 Å². The first-order chi connectivity index (χ1) is 10.9. The van der Waals surface area contributed by atoms with Crippen LogP contribution in [0.5, 0.6) is 0 Å². The predicted octanol–water partition coefficient (Wildman–Crippen LogP) is 3.53. The molecule has 0 atom stereocenters. The van der Waals surface area contributed by atoms with Crippen LogP contribution in [0.1, 0.15) is 36.8 Å². The van der Waals surface area contributed by atoms with Crippen molar-refractivity contribution in [2.45, 2.75) is 25.6 Å². The monoisotopic (exact) mass is 341 g/mol. The van der Waals surface area contributed by atoms with E-state index in [-0.39, 0.29) is 0 Å². The summed E-state index contributed by atoms with van der Waals surface area (Å²) >= 11 is 1.45. The van der Waals surface area contributed by atoms with Crippen molar-refractivity contribution in [3.05, 3.63) is 56.3 Å². The number of ether oxygens (including phenoxy) is 1. The third-order valence-corrected chi connectivity index (χ3v) is 4.99. The maximum absolute atomic E-state index is 12.6. The molecular weight excluding hydrogens is 327 g/mol. The van der Waals surface area contributed by atoms with E-state index in [9.17, 15) is 18.0 Å². The van der Waals surface area contributed by atoms with Crippen LogP contribution in [0.3, 0.4) is 0 Å². The maximum Gasteiger partial charge on any atom is 0.416 e. The van der Waals surface area contributed by atoms with Crippen molar-refractivity contribution in [3.63, 3.8) is 0 Å². The van der Waals surface area contributed by atoms with Crippen LogP contribution in [0.4, 0.5) is 13.2 Å². The zero-order valence-electron chi connectivity index (χ0n) is 12.1. The Balaban J connectivity index is 1.91. The number of thiophene rings is 1. The number of hydrogen-bond donors (Lipinski definition) is 1. The van der Waals surface area contributed by atoms with Gasteiger partial charge in [0.1, 0.15) is 0 Å². The van der Waals surface area contributed by atoms with Crippen LogP contribution in [-0.4, -0.2) is 12.5 Å². The van der Waals surface area contributed by atoms with E-state index in [1.54, 1.807) is 0 Å². The van der Waals surface area contributed by atoms with Gasteiger partial charge in [0.05, 0.1) is 24.3 Å². The maximum atomic E-state index is 12.6. The van der Waals surface area contributed by atoms with E-state index in [1.807, 2.05) is 0 Å². The number of alkyl halides is 3. The number of hydrogen-bond acceptors (Lipinski definition) is 3. The first kappa shape index (κ1) is 16.0. The molecule has 3 nitrogen and oxygen atoms in total. The number of rotatable bonds is 3. The van der Waals surface area contributed by atoms with Gasteiger partial charge in [0, 0.05) is 16.2 Å². The van der Waals surface area contributed by atoms with Crippen LogP contribution in [0, 0.1) is 0 Å². The molecule has 0 saturated carbocycles. The summed E-state index contributed by atoms with van der Waals surface area (Å²) in [5.74, 6) is -0.494. The Morgan fingerprint density at radius 2 is 1.96 bits per heavy atom. The minimum absolute atomic E-state index is 0.383. The lowest BCUT2D eigenvalue weighted by atomic mass is 10.00. The molecule has 1 aromatic carbocycles. The molecule has 122 valence electrons. The van der Waals surface area contributed by atoms with Crippen molar-refractivity contribution in [2.24, 2.45) is 5.73 Å². The Labute approximate surface area is 134 Å². The summed E-state index contributed by atoms with van der Waals surface area (Å²) < 4.78 is 43.2. The van der Waals surface area contributed by atoms with E-state index in [4.69, 9.17) is 10.5 Å². The van der Waals surface area contributed by atoms with Gasteiger partial charge in [0.2, 0.25) is 5.91 Å². The van der Waals surface area contributed by atoms with Crippen molar-refractivity contribution in [1.82, 2.24) is 0 Å². The summed E-state index contributed by atoms with van der Waals surface area (Å²) in [5.41, 5.74) is 6.95. The Kier molecular flexibility index (Phi) is 4.16. The van der Waals surface area contributed by atoms with Gasteiger partial charge >= 0.3 is 6.18 Å². The molecule has 2 heterocycles. The van der Waals surface area contributed by atoms with Crippen LogP contribution in [-0.2, 0) is 30.4 Å². The quantitative estimate of drug-likeness (QED) is 0.928. The molecule has 2 aromatic rings. The van der Waals surface area contributed by atoms with Gasteiger partial charge in [-0.05, 0) is 29.7 Å². The van der Waals surface area contributed by atoms with Crippen LogP contribution in [0.25, 0.3) is 0 Å². The number of halogens is 3. The normalized spacial score (nSPS) is 14.6. The molecule has 3 rings (SSSR count). The second kappa shape index (κ2) is 5.98. The highest BCUT2D eigenvalue weighted by Crippen LogP contribution is 2.34. The number of primary amides is 1. The van der Waals surface area contributed by atoms with Gasteiger partial charge in [0.25, 0.3) is 0 Å². The first-order valence-electron chi connectivity index (χ1n) is 7.03. The van der Waals surface area contributed by atoms with Gasteiger partial charge in [-0.2, -0.15) is 13.2 Å². The predicted molar refractivity (Wildman–Crippen MR) is 80.4 cm³/mol. The van der Waals surface area contributed by atoms with Crippen molar-refractivity contribution in [1.29, 1.82) is 0 Å². The average Bonchev–Trinajstić information content (AvgIpc) is 2.84. The van der Waals surface area contributed by atoms with Crippen molar-refractivity contribution in [3.8, 4) is 0 Å². The average molecular weight is 341 g/mol. The highest BCUT2D eigenvalue weighted by Gasteiger charge is 2.30. The Morgan fingerprint density at radius 3 is 2.57 bits per heavy atom. The number of carbonyl (C=O) groups excluding carboxylic acids is 1. The van der Waals surface area contributed by atoms with Crippen LogP contribution in [0.15, 0.2) is 24.3 Å². The lowest BCUT2D eigenvalue weighted by molar-refractivity contribution is -0.137. The van der Waals surface area contributed by atoms with Crippen molar-refractivity contribution < 1.29 is 22.7 Å². The second-order valence-corrected chi connectivity index (χ2v) is 6.53. The van der Waals surface area contributed by atoms with E-state index in [0.29, 0.717) is 37.2 Å². The Morgan fingerprint density at radius 1 is 1.26 bits per heavy atom. The lowest BCUT2D eigenvalue weighted by Crippen LogP contribution is -2.17. The van der Waals surface area contributed by atoms with E-state index in [1.165, 1.54) is 23.5 Å². The molecule has 0 saturated heterocycles. The molecule has 2 N–H and O–H groups in total. The number of fused-ring (bicyclic) bond motifs is 1. The fourth-order valence-electron chi connectivity index (χ4n) is 2.70. The summed E-state index contributed by atoms with van der Waals surface area (Å²) in [6.45, 7) is 0.997. The van der Waals surface area contributed by atoms with Gasteiger partial charge in [-0.1, -0.05) is 12.1 Å². The van der Waals surface area contributed by atoms with E-state index < -0.39 is 17.6 Å². The fourth-order valence-corrected chi connectivity index (χ4v) is 4.03. The third-order valence-electron chi connectivity index (χ3n) is 3.79. The van der Waals surface area contributed by atoms with E-state index in [2.05, 4.69) is 0 Å². The molecule has 0 fully saturated rings. The second-order valence-electron chi connectivity index (χ2n) is 5.34. The van der Waals surface area contributed by atoms with E-state index in [0.717, 1.165) is 27.5 Å². The summed E-state index contributed by atoms with van der Waals surface area (Å²) in [4.78, 5) is 13.5. The molecule has 1 aromatic heterocycles. The van der Waals surface area contributed by atoms with Crippen molar-refractivity contribution >= 4 is 17.2 Å². The molecule has 7 heteroatoms. The summed E-state index contributed by atoms with van der Waals surface area (Å²) in [7, 11) is 0. The molecule has 0 aliphatic carbocycles.